The molecule has 10 heteroatoms. The Hall–Kier alpha value is 0.540. The van der Waals surface area contributed by atoms with Crippen molar-refractivity contribution in [1.29, 1.82) is 0 Å². The topological polar surface area (TPSA) is 140 Å². The fraction of sp³-hybridized carbons (Fsp3) is 1.00. The molecule has 8 nitrogen and oxygen atoms in total. The molecule has 0 aliphatic carbocycles. The molecular formula is C4H14O8P2. The highest BCUT2D eigenvalue weighted by Gasteiger charge is 2.05. The lowest BCUT2D eigenvalue weighted by Crippen LogP contribution is -2.03. The summed E-state index contributed by atoms with van der Waals surface area (Å²) in [5, 5.41) is 16.2. The highest BCUT2D eigenvalue weighted by Crippen LogP contribution is 2.41. The van der Waals surface area contributed by atoms with Crippen LogP contribution in [0.25, 0.3) is 0 Å². The van der Waals surface area contributed by atoms with Gasteiger partial charge in [-0.1, -0.05) is 0 Å². The summed E-state index contributed by atoms with van der Waals surface area (Å²) >= 11 is 0. The van der Waals surface area contributed by atoms with Crippen molar-refractivity contribution in [2.24, 2.45) is 0 Å². The number of hydrogen-bond acceptors (Lipinski definition) is 8. The van der Waals surface area contributed by atoms with Crippen molar-refractivity contribution in [2.45, 2.75) is 0 Å². The van der Waals surface area contributed by atoms with Gasteiger partial charge in [-0.3, -0.25) is 0 Å². The molecule has 0 bridgehead atoms. The molecule has 0 spiro atoms. The average molecular weight is 252 g/mol. The van der Waals surface area contributed by atoms with E-state index in [-0.39, 0.29) is 13.2 Å². The molecule has 0 aliphatic rings. The smallest absolute Gasteiger partial charge is 0.334 e. The van der Waals surface area contributed by atoms with Crippen LogP contribution < -0.4 is 0 Å². The highest BCUT2D eigenvalue weighted by atomic mass is 31.2. The second-order valence-corrected chi connectivity index (χ2v) is 3.31. The van der Waals surface area contributed by atoms with Crippen molar-refractivity contribution in [1.82, 2.24) is 0 Å². The Morgan fingerprint density at radius 2 is 1.14 bits per heavy atom. The summed E-state index contributed by atoms with van der Waals surface area (Å²) in [4.78, 5) is 31.3. The SMILES string of the molecule is OCCOCCO.OP(O)OP(O)O. The monoisotopic (exact) mass is 252 g/mol. The van der Waals surface area contributed by atoms with Crippen LogP contribution in [-0.4, -0.2) is 56.2 Å². The Morgan fingerprint density at radius 3 is 1.29 bits per heavy atom. The van der Waals surface area contributed by atoms with Gasteiger partial charge in [-0.05, 0) is 0 Å². The third-order valence-electron chi connectivity index (χ3n) is 0.617. The van der Waals surface area contributed by atoms with Crippen molar-refractivity contribution in [2.75, 3.05) is 26.4 Å². The van der Waals surface area contributed by atoms with E-state index in [9.17, 15) is 0 Å². The third-order valence-corrected chi connectivity index (χ3v) is 1.79. The Bertz CT molecular complexity index is 91.3. The molecule has 0 heterocycles. The van der Waals surface area contributed by atoms with E-state index < -0.39 is 17.2 Å². The molecule has 0 fully saturated rings. The zero-order valence-electron chi connectivity index (χ0n) is 7.22. The summed E-state index contributed by atoms with van der Waals surface area (Å²) in [5.74, 6) is 0. The van der Waals surface area contributed by atoms with E-state index >= 15 is 0 Å². The lowest BCUT2D eigenvalue weighted by Gasteiger charge is -2.00. The molecule has 0 atom stereocenters. The Balaban J connectivity index is 0. The van der Waals surface area contributed by atoms with Gasteiger partial charge in [-0.15, -0.1) is 0 Å². The first-order valence-electron chi connectivity index (χ1n) is 3.37. The van der Waals surface area contributed by atoms with Crippen LogP contribution in [0.2, 0.25) is 0 Å². The molecule has 88 valence electrons. The second-order valence-electron chi connectivity index (χ2n) is 1.65. The fourth-order valence-electron chi connectivity index (χ4n) is 0.296. The number of rotatable bonds is 6. The molecule has 0 aromatic heterocycles. The maximum Gasteiger partial charge on any atom is 0.334 e. The highest BCUT2D eigenvalue weighted by molar-refractivity contribution is 7.53. The minimum atomic E-state index is -2.61. The van der Waals surface area contributed by atoms with Crippen LogP contribution in [-0.2, 0) is 9.05 Å². The minimum Gasteiger partial charge on any atom is -0.394 e. The summed E-state index contributed by atoms with van der Waals surface area (Å²) < 4.78 is 8.23. The van der Waals surface area contributed by atoms with Gasteiger partial charge in [-0.25, -0.2) is 4.31 Å². The first-order chi connectivity index (χ1) is 6.54. The molecule has 0 unspecified atom stereocenters. The van der Waals surface area contributed by atoms with E-state index in [0.29, 0.717) is 13.2 Å². The van der Waals surface area contributed by atoms with Crippen molar-refractivity contribution < 1.29 is 38.8 Å². The van der Waals surface area contributed by atoms with Gasteiger partial charge in [0.25, 0.3) is 0 Å². The lowest BCUT2D eigenvalue weighted by atomic mass is 10.7. The predicted octanol–water partition coefficient (Wildman–Crippen LogP) is -1.59. The molecule has 0 radical (unpaired) electrons. The Kier molecular flexibility index (Phi) is 16.4. The molecule has 0 saturated heterocycles. The molecule has 0 amide bonds. The molecule has 6 N–H and O–H groups in total. The molecule has 0 rings (SSSR count). The fourth-order valence-corrected chi connectivity index (χ4v) is 0.819. The van der Waals surface area contributed by atoms with Crippen LogP contribution >= 0.6 is 17.2 Å². The summed E-state index contributed by atoms with van der Waals surface area (Å²) in [6, 6.07) is 0. The molecule has 0 aromatic carbocycles. The van der Waals surface area contributed by atoms with E-state index in [1.165, 1.54) is 0 Å². The van der Waals surface area contributed by atoms with E-state index in [2.05, 4.69) is 9.05 Å². The minimum absolute atomic E-state index is 0.0278. The molecule has 14 heavy (non-hydrogen) atoms. The van der Waals surface area contributed by atoms with E-state index in [0.717, 1.165) is 0 Å². The van der Waals surface area contributed by atoms with Gasteiger partial charge in [0, 0.05) is 0 Å². The molecular weight excluding hydrogens is 238 g/mol. The number of hydrogen-bond donors (Lipinski definition) is 6. The van der Waals surface area contributed by atoms with Gasteiger partial charge in [0.2, 0.25) is 0 Å². The van der Waals surface area contributed by atoms with E-state index in [1.54, 1.807) is 0 Å². The maximum atomic E-state index is 8.09. The van der Waals surface area contributed by atoms with E-state index in [4.69, 9.17) is 29.8 Å². The van der Waals surface area contributed by atoms with Crippen LogP contribution in [0, 0.1) is 0 Å². The van der Waals surface area contributed by atoms with Gasteiger partial charge in [0.1, 0.15) is 0 Å². The summed E-state index contributed by atoms with van der Waals surface area (Å²) in [7, 11) is -5.22. The van der Waals surface area contributed by atoms with E-state index in [1.807, 2.05) is 0 Å². The van der Waals surface area contributed by atoms with Crippen LogP contribution in [0.3, 0.4) is 0 Å². The lowest BCUT2D eigenvalue weighted by molar-refractivity contribution is 0.0650. The predicted molar refractivity (Wildman–Crippen MR) is 48.8 cm³/mol. The quantitative estimate of drug-likeness (QED) is 0.245. The van der Waals surface area contributed by atoms with Gasteiger partial charge < -0.3 is 34.5 Å². The van der Waals surface area contributed by atoms with Crippen LogP contribution in [0.4, 0.5) is 0 Å². The molecule has 0 saturated carbocycles. The normalized spacial score (nSPS) is 10.3. The number of aliphatic hydroxyl groups is 2. The standard InChI is InChI=1S/C4H10O3.H4O5P2/c5-1-3-7-4-2-6;1-6(2)5-7(3)4/h5-6H,1-4H2;1-4H. The summed E-state index contributed by atoms with van der Waals surface area (Å²) in [6.07, 6.45) is 0. The summed E-state index contributed by atoms with van der Waals surface area (Å²) in [5.41, 5.74) is 0. The van der Waals surface area contributed by atoms with Crippen LogP contribution in [0.1, 0.15) is 0 Å². The Labute approximate surface area is 83.4 Å². The van der Waals surface area contributed by atoms with Crippen molar-refractivity contribution in [3.8, 4) is 0 Å². The number of aliphatic hydroxyl groups excluding tert-OH is 2. The molecule has 0 aliphatic heterocycles. The second kappa shape index (κ2) is 13.5. The van der Waals surface area contributed by atoms with Gasteiger partial charge in [0.15, 0.2) is 0 Å². The third kappa shape index (κ3) is 22.9. The van der Waals surface area contributed by atoms with Crippen molar-refractivity contribution in [3.63, 3.8) is 0 Å². The summed E-state index contributed by atoms with van der Waals surface area (Å²) in [6.45, 7) is 0.696. The largest absolute Gasteiger partial charge is 0.394 e. The van der Waals surface area contributed by atoms with Crippen LogP contribution in [0.15, 0.2) is 0 Å². The first-order valence-corrected chi connectivity index (χ1v) is 5.71. The average Bonchev–Trinajstić information content (AvgIpc) is 2.04. The van der Waals surface area contributed by atoms with Crippen molar-refractivity contribution >= 4 is 17.2 Å². The zero-order valence-corrected chi connectivity index (χ0v) is 9.01. The Morgan fingerprint density at radius 1 is 0.786 bits per heavy atom. The van der Waals surface area contributed by atoms with Crippen molar-refractivity contribution in [3.05, 3.63) is 0 Å². The van der Waals surface area contributed by atoms with Gasteiger partial charge in [0.05, 0.1) is 26.4 Å². The van der Waals surface area contributed by atoms with Crippen LogP contribution in [0.5, 0.6) is 0 Å². The van der Waals surface area contributed by atoms with Gasteiger partial charge >= 0.3 is 17.2 Å². The molecule has 0 aromatic rings. The zero-order chi connectivity index (χ0) is 11.4. The van der Waals surface area contributed by atoms with Gasteiger partial charge in [-0.2, -0.15) is 0 Å². The number of ether oxygens (including phenoxy) is 1. The first kappa shape index (κ1) is 17.0. The maximum absolute atomic E-state index is 8.09.